The Morgan fingerprint density at radius 2 is 1.75 bits per heavy atom. The molecule has 4 rings (SSSR count). The SMILES string of the molecule is COCCNC(=O)[C@H](c1ccccc1)N(C(=O)Cn1nnc2ccccc21)c1cccc(C(C)=O)c1. The number of fused-ring (bicyclic) bond motifs is 1. The first-order valence-electron chi connectivity index (χ1n) is 11.5. The first-order chi connectivity index (χ1) is 17.5. The van der Waals surface area contributed by atoms with E-state index in [2.05, 4.69) is 15.6 Å². The number of ether oxygens (including phenoxy) is 1. The number of methoxy groups -OCH3 is 1. The van der Waals surface area contributed by atoms with Crippen molar-refractivity contribution in [2.75, 3.05) is 25.2 Å². The molecule has 0 aliphatic heterocycles. The van der Waals surface area contributed by atoms with Crippen molar-refractivity contribution in [2.24, 2.45) is 0 Å². The summed E-state index contributed by atoms with van der Waals surface area (Å²) in [4.78, 5) is 41.0. The van der Waals surface area contributed by atoms with Crippen molar-refractivity contribution < 1.29 is 19.1 Å². The van der Waals surface area contributed by atoms with E-state index in [0.717, 1.165) is 0 Å². The number of benzene rings is 3. The molecule has 0 spiro atoms. The van der Waals surface area contributed by atoms with Crippen molar-refractivity contribution in [1.29, 1.82) is 0 Å². The Morgan fingerprint density at radius 3 is 2.50 bits per heavy atom. The van der Waals surface area contributed by atoms with E-state index < -0.39 is 6.04 Å². The lowest BCUT2D eigenvalue weighted by atomic mass is 10.0. The van der Waals surface area contributed by atoms with Gasteiger partial charge in [-0.3, -0.25) is 19.3 Å². The Morgan fingerprint density at radius 1 is 1.00 bits per heavy atom. The van der Waals surface area contributed by atoms with Gasteiger partial charge >= 0.3 is 0 Å². The smallest absolute Gasteiger partial charge is 0.249 e. The number of aromatic nitrogens is 3. The highest BCUT2D eigenvalue weighted by molar-refractivity contribution is 6.03. The Balaban J connectivity index is 1.80. The van der Waals surface area contributed by atoms with Crippen molar-refractivity contribution in [3.63, 3.8) is 0 Å². The van der Waals surface area contributed by atoms with Crippen molar-refractivity contribution in [3.8, 4) is 0 Å². The number of para-hydroxylation sites is 1. The van der Waals surface area contributed by atoms with Gasteiger partial charge in [-0.15, -0.1) is 5.10 Å². The number of rotatable bonds is 10. The van der Waals surface area contributed by atoms with Crippen molar-refractivity contribution in [2.45, 2.75) is 19.5 Å². The average Bonchev–Trinajstić information content (AvgIpc) is 3.30. The molecule has 36 heavy (non-hydrogen) atoms. The monoisotopic (exact) mass is 485 g/mol. The van der Waals surface area contributed by atoms with Crippen LogP contribution in [0.2, 0.25) is 0 Å². The number of hydrogen-bond acceptors (Lipinski definition) is 6. The second-order valence-electron chi connectivity index (χ2n) is 8.20. The van der Waals surface area contributed by atoms with Gasteiger partial charge in [-0.25, -0.2) is 4.68 Å². The summed E-state index contributed by atoms with van der Waals surface area (Å²) >= 11 is 0. The number of nitrogens with zero attached hydrogens (tertiary/aromatic N) is 4. The molecular weight excluding hydrogens is 458 g/mol. The van der Waals surface area contributed by atoms with Crippen LogP contribution in [-0.2, 0) is 20.9 Å². The van der Waals surface area contributed by atoms with E-state index in [9.17, 15) is 14.4 Å². The zero-order chi connectivity index (χ0) is 25.5. The maximum atomic E-state index is 13.9. The van der Waals surface area contributed by atoms with Gasteiger partial charge < -0.3 is 10.1 Å². The Labute approximate surface area is 208 Å². The van der Waals surface area contributed by atoms with E-state index in [0.29, 0.717) is 34.5 Å². The van der Waals surface area contributed by atoms with Crippen LogP contribution in [0.25, 0.3) is 11.0 Å². The largest absolute Gasteiger partial charge is 0.383 e. The van der Waals surface area contributed by atoms with Crippen molar-refractivity contribution in [3.05, 3.63) is 90.0 Å². The zero-order valence-corrected chi connectivity index (χ0v) is 20.1. The molecule has 1 aromatic heterocycles. The summed E-state index contributed by atoms with van der Waals surface area (Å²) in [7, 11) is 1.55. The predicted octanol–water partition coefficient (Wildman–Crippen LogP) is 3.17. The van der Waals surface area contributed by atoms with E-state index in [1.807, 2.05) is 42.5 Å². The number of hydrogen-bond donors (Lipinski definition) is 1. The first kappa shape index (κ1) is 24.7. The van der Waals surface area contributed by atoms with E-state index >= 15 is 0 Å². The minimum Gasteiger partial charge on any atom is -0.383 e. The molecule has 0 saturated carbocycles. The standard InChI is InChI=1S/C27H27N5O4/c1-19(33)21-11-8-12-22(17-21)32(25(34)18-31-24-14-7-6-13-23(24)29-30-31)26(20-9-4-3-5-10-20)27(35)28-15-16-36-2/h3-14,17,26H,15-16,18H2,1-2H3,(H,28,35)/t26-/m0/s1. The van der Waals surface area contributed by atoms with Crippen LogP contribution in [0.3, 0.4) is 0 Å². The fourth-order valence-corrected chi connectivity index (χ4v) is 3.98. The summed E-state index contributed by atoms with van der Waals surface area (Å²) in [5.41, 5.74) is 2.84. The van der Waals surface area contributed by atoms with E-state index in [-0.39, 0.29) is 30.7 Å². The van der Waals surface area contributed by atoms with Gasteiger partial charge in [0.15, 0.2) is 5.78 Å². The molecule has 1 atom stereocenters. The normalized spacial score (nSPS) is 11.7. The summed E-state index contributed by atoms with van der Waals surface area (Å²) in [6, 6.07) is 22.1. The van der Waals surface area contributed by atoms with Gasteiger partial charge in [-0.05, 0) is 36.8 Å². The highest BCUT2D eigenvalue weighted by atomic mass is 16.5. The number of Topliss-reactive ketones (excluding diaryl/α,β-unsaturated/α-hetero) is 1. The van der Waals surface area contributed by atoms with Crippen LogP contribution in [-0.4, -0.2) is 52.9 Å². The highest BCUT2D eigenvalue weighted by Gasteiger charge is 2.33. The number of carbonyl (C=O) groups is 3. The van der Waals surface area contributed by atoms with Crippen LogP contribution in [0.4, 0.5) is 5.69 Å². The molecule has 0 bridgehead atoms. The molecule has 1 N–H and O–H groups in total. The number of nitrogens with one attached hydrogen (secondary N) is 1. The summed E-state index contributed by atoms with van der Waals surface area (Å²) < 4.78 is 6.58. The zero-order valence-electron chi connectivity index (χ0n) is 20.1. The molecule has 1 heterocycles. The summed E-state index contributed by atoms with van der Waals surface area (Å²) in [6.45, 7) is 1.91. The minimum atomic E-state index is -0.993. The van der Waals surface area contributed by atoms with E-state index in [1.54, 1.807) is 43.5 Å². The van der Waals surface area contributed by atoms with Gasteiger partial charge in [0.05, 0.1) is 12.1 Å². The lowest BCUT2D eigenvalue weighted by molar-refractivity contribution is -0.127. The van der Waals surface area contributed by atoms with Crippen LogP contribution in [0, 0.1) is 0 Å². The molecule has 0 fully saturated rings. The number of anilines is 1. The Kier molecular flexibility index (Phi) is 7.82. The quantitative estimate of drug-likeness (QED) is 0.273. The molecule has 0 radical (unpaired) electrons. The summed E-state index contributed by atoms with van der Waals surface area (Å²) in [5.74, 6) is -0.905. The second-order valence-corrected chi connectivity index (χ2v) is 8.20. The number of ketones is 1. The van der Waals surface area contributed by atoms with Crippen molar-refractivity contribution >= 4 is 34.3 Å². The maximum absolute atomic E-state index is 13.9. The maximum Gasteiger partial charge on any atom is 0.249 e. The summed E-state index contributed by atoms with van der Waals surface area (Å²) in [6.07, 6.45) is 0. The topological polar surface area (TPSA) is 106 Å². The minimum absolute atomic E-state index is 0.146. The third-order valence-electron chi connectivity index (χ3n) is 5.73. The number of amides is 2. The Bertz CT molecular complexity index is 1370. The molecule has 9 heteroatoms. The van der Waals surface area contributed by atoms with Crippen LogP contribution in [0.5, 0.6) is 0 Å². The molecular formula is C27H27N5O4. The molecule has 0 unspecified atom stereocenters. The molecule has 3 aromatic carbocycles. The molecule has 184 valence electrons. The van der Waals surface area contributed by atoms with Gasteiger partial charge in [0.25, 0.3) is 0 Å². The first-order valence-corrected chi connectivity index (χ1v) is 11.5. The Hall–Kier alpha value is -4.37. The predicted molar refractivity (Wildman–Crippen MR) is 136 cm³/mol. The van der Waals surface area contributed by atoms with Crippen LogP contribution < -0.4 is 10.2 Å². The fraction of sp³-hybridized carbons (Fsp3) is 0.222. The van der Waals surface area contributed by atoms with Crippen molar-refractivity contribution in [1.82, 2.24) is 20.3 Å². The van der Waals surface area contributed by atoms with E-state index in [4.69, 9.17) is 4.74 Å². The fourth-order valence-electron chi connectivity index (χ4n) is 3.98. The van der Waals surface area contributed by atoms with Gasteiger partial charge in [0, 0.05) is 24.9 Å². The second kappa shape index (κ2) is 11.4. The number of carbonyl (C=O) groups excluding carboxylic acids is 3. The lowest BCUT2D eigenvalue weighted by Crippen LogP contribution is -2.46. The van der Waals surface area contributed by atoms with Gasteiger partial charge in [0.1, 0.15) is 18.1 Å². The summed E-state index contributed by atoms with van der Waals surface area (Å²) in [5, 5.41) is 11.1. The molecule has 0 aliphatic carbocycles. The van der Waals surface area contributed by atoms with Crippen LogP contribution in [0.1, 0.15) is 28.9 Å². The van der Waals surface area contributed by atoms with Gasteiger partial charge in [-0.1, -0.05) is 59.8 Å². The molecule has 0 saturated heterocycles. The molecule has 0 aliphatic rings. The van der Waals surface area contributed by atoms with Crippen LogP contribution >= 0.6 is 0 Å². The third-order valence-corrected chi connectivity index (χ3v) is 5.73. The van der Waals surface area contributed by atoms with E-state index in [1.165, 1.54) is 16.5 Å². The third kappa shape index (κ3) is 5.47. The average molecular weight is 486 g/mol. The lowest BCUT2D eigenvalue weighted by Gasteiger charge is -2.32. The highest BCUT2D eigenvalue weighted by Crippen LogP contribution is 2.29. The van der Waals surface area contributed by atoms with Crippen LogP contribution in [0.15, 0.2) is 78.9 Å². The molecule has 9 nitrogen and oxygen atoms in total. The van der Waals surface area contributed by atoms with Gasteiger partial charge in [-0.2, -0.15) is 0 Å². The van der Waals surface area contributed by atoms with Gasteiger partial charge in [0.2, 0.25) is 11.8 Å². The molecule has 2 amide bonds. The molecule has 4 aromatic rings.